The number of anilines is 1. The number of terminal acetylenes is 1. The zero-order valence-corrected chi connectivity index (χ0v) is 20.7. The van der Waals surface area contributed by atoms with E-state index >= 15 is 0 Å². The Kier molecular flexibility index (Phi) is 7.86. The molecule has 8 nitrogen and oxygen atoms in total. The van der Waals surface area contributed by atoms with Gasteiger partial charge in [-0.25, -0.2) is 19.1 Å². The number of nitrogens with zero attached hydrogens (tertiary/aromatic N) is 2. The fourth-order valence-electron chi connectivity index (χ4n) is 3.05. The number of aliphatic hydroxyl groups excluding tert-OH is 1. The monoisotopic (exact) mass is 478 g/mol. The van der Waals surface area contributed by atoms with Crippen LogP contribution in [-0.2, 0) is 22.1 Å². The average Bonchev–Trinajstić information content (AvgIpc) is 3.13. The molecule has 2 aromatic rings. The van der Waals surface area contributed by atoms with Crippen LogP contribution in [0.1, 0.15) is 80.8 Å². The number of hydrogen-bond acceptors (Lipinski definition) is 6. The van der Waals surface area contributed by atoms with E-state index in [2.05, 4.69) is 20.6 Å². The third-order valence-corrected chi connectivity index (χ3v) is 8.04. The van der Waals surface area contributed by atoms with Crippen LogP contribution in [0.25, 0.3) is 0 Å². The van der Waals surface area contributed by atoms with Crippen molar-refractivity contribution in [2.24, 2.45) is 9.50 Å². The quantitative estimate of drug-likeness (QED) is 0.465. The van der Waals surface area contributed by atoms with Crippen molar-refractivity contribution >= 4 is 33.0 Å². The summed E-state index contributed by atoms with van der Waals surface area (Å²) in [6.07, 6.45) is 5.59. The zero-order valence-electron chi connectivity index (χ0n) is 19.1. The lowest BCUT2D eigenvalue weighted by Crippen LogP contribution is -2.19. The van der Waals surface area contributed by atoms with Crippen LogP contribution >= 0.6 is 11.3 Å². The predicted molar refractivity (Wildman–Crippen MR) is 128 cm³/mol. The van der Waals surface area contributed by atoms with Crippen molar-refractivity contribution in [2.75, 3.05) is 5.32 Å². The maximum absolute atomic E-state index is 13.1. The van der Waals surface area contributed by atoms with Crippen molar-refractivity contribution in [3.05, 3.63) is 39.5 Å². The molecule has 10 heteroatoms. The number of hydrogen-bond donors (Lipinski definition) is 4. The second-order valence-electron chi connectivity index (χ2n) is 8.54. The van der Waals surface area contributed by atoms with Crippen LogP contribution in [0.3, 0.4) is 0 Å². The summed E-state index contributed by atoms with van der Waals surface area (Å²) in [6.45, 7) is 10.3. The number of carbonyl (C=O) groups excluding carboxylic acids is 1. The van der Waals surface area contributed by atoms with Gasteiger partial charge in [-0.1, -0.05) is 33.6 Å². The van der Waals surface area contributed by atoms with Gasteiger partial charge in [0.15, 0.2) is 9.92 Å². The van der Waals surface area contributed by atoms with E-state index in [0.29, 0.717) is 11.3 Å². The van der Waals surface area contributed by atoms with Gasteiger partial charge in [0.2, 0.25) is 0 Å². The Labute approximate surface area is 193 Å². The molecule has 0 spiro atoms. The van der Waals surface area contributed by atoms with Crippen LogP contribution in [-0.4, -0.2) is 25.4 Å². The number of carbonyl (C=O) groups is 1. The van der Waals surface area contributed by atoms with Crippen LogP contribution in [0.4, 0.5) is 10.5 Å². The fraction of sp³-hybridized carbons (Fsp3) is 0.455. The fourth-order valence-corrected chi connectivity index (χ4v) is 5.51. The van der Waals surface area contributed by atoms with Crippen molar-refractivity contribution in [2.45, 2.75) is 69.8 Å². The molecule has 0 aliphatic heterocycles. The first-order chi connectivity index (χ1) is 14.7. The first kappa shape index (κ1) is 26.0. The first-order valence-corrected chi connectivity index (χ1v) is 12.4. The number of thiazole rings is 1. The first-order valence-electron chi connectivity index (χ1n) is 10.0. The molecule has 0 fully saturated rings. The topological polar surface area (TPSA) is 138 Å². The van der Waals surface area contributed by atoms with Crippen LogP contribution in [0.2, 0.25) is 0 Å². The van der Waals surface area contributed by atoms with Crippen LogP contribution in [0, 0.1) is 12.3 Å². The molecular formula is C22H30N4O4S2. The van der Waals surface area contributed by atoms with Crippen LogP contribution in [0.15, 0.2) is 20.7 Å². The predicted octanol–water partition coefficient (Wildman–Crippen LogP) is 4.02. The summed E-state index contributed by atoms with van der Waals surface area (Å²) < 4.78 is 16.8. The van der Waals surface area contributed by atoms with Crippen LogP contribution in [0.5, 0.6) is 0 Å². The number of nitrogens with one attached hydrogen (secondary N) is 1. The minimum absolute atomic E-state index is 0.0142. The molecular weight excluding hydrogens is 448 g/mol. The van der Waals surface area contributed by atoms with Crippen molar-refractivity contribution in [3.63, 3.8) is 0 Å². The van der Waals surface area contributed by atoms with Gasteiger partial charge in [-0.05, 0) is 48.9 Å². The summed E-state index contributed by atoms with van der Waals surface area (Å²) in [5.74, 6) is 2.74. The van der Waals surface area contributed by atoms with E-state index in [4.69, 9.17) is 11.6 Å². The molecule has 0 bridgehead atoms. The van der Waals surface area contributed by atoms with E-state index in [-0.39, 0.29) is 26.7 Å². The molecule has 32 heavy (non-hydrogen) atoms. The summed E-state index contributed by atoms with van der Waals surface area (Å²) >= 11 is 0.850. The van der Waals surface area contributed by atoms with Gasteiger partial charge in [0.05, 0.1) is 12.3 Å². The lowest BCUT2D eigenvalue weighted by Gasteiger charge is -2.20. The van der Waals surface area contributed by atoms with E-state index in [9.17, 15) is 19.2 Å². The number of aromatic nitrogens is 1. The Morgan fingerprint density at radius 3 is 2.25 bits per heavy atom. The van der Waals surface area contributed by atoms with Gasteiger partial charge in [0.1, 0.15) is 14.8 Å². The maximum Gasteiger partial charge on any atom is 0.354 e. The molecule has 1 aromatic carbocycles. The molecule has 1 unspecified atom stereocenters. The number of aliphatic hydroxyl groups is 2. The van der Waals surface area contributed by atoms with Crippen molar-refractivity contribution < 1.29 is 19.2 Å². The standard InChI is InChI=1S/C22H30N4O4S2/c1-8-14-9-15(12(2)3)18(16(10-14)13(4)5)25-21(28)26-32(23,30)19-17(11-27)24-20(31-19)22(6,7)29/h1,9-10,12-13,27,29H,11H2,2-7H3,(H3,23,25,26,28,30). The summed E-state index contributed by atoms with van der Waals surface area (Å²) in [5, 5.41) is 28.6. The molecule has 0 aliphatic rings. The molecule has 1 heterocycles. The lowest BCUT2D eigenvalue weighted by molar-refractivity contribution is 0.0779. The third kappa shape index (κ3) is 5.74. The molecule has 1 atom stereocenters. The molecule has 174 valence electrons. The van der Waals surface area contributed by atoms with Gasteiger partial charge in [-0.15, -0.1) is 22.1 Å². The zero-order chi connectivity index (χ0) is 24.4. The lowest BCUT2D eigenvalue weighted by atomic mass is 9.90. The van der Waals surface area contributed by atoms with Crippen LogP contribution < -0.4 is 10.5 Å². The highest BCUT2D eigenvalue weighted by molar-refractivity contribution is 7.93. The van der Waals surface area contributed by atoms with Gasteiger partial charge in [-0.3, -0.25) is 0 Å². The van der Waals surface area contributed by atoms with Gasteiger partial charge in [-0.2, -0.15) is 0 Å². The van der Waals surface area contributed by atoms with Gasteiger partial charge in [0.25, 0.3) is 0 Å². The van der Waals surface area contributed by atoms with Gasteiger partial charge >= 0.3 is 6.03 Å². The van der Waals surface area contributed by atoms with E-state index in [1.54, 1.807) is 0 Å². The van der Waals surface area contributed by atoms with E-state index < -0.39 is 28.2 Å². The third-order valence-electron chi connectivity index (χ3n) is 4.66. The van der Waals surface area contributed by atoms with Crippen molar-refractivity contribution in [3.8, 4) is 12.3 Å². The summed E-state index contributed by atoms with van der Waals surface area (Å²) in [5.41, 5.74) is 1.60. The molecule has 2 amide bonds. The number of amides is 2. The Morgan fingerprint density at radius 2 is 1.84 bits per heavy atom. The van der Waals surface area contributed by atoms with Crippen molar-refractivity contribution in [1.82, 2.24) is 4.98 Å². The number of rotatable bonds is 6. The van der Waals surface area contributed by atoms with Crippen molar-refractivity contribution in [1.29, 1.82) is 0 Å². The van der Waals surface area contributed by atoms with E-state index in [0.717, 1.165) is 22.5 Å². The molecule has 1 aromatic heterocycles. The molecule has 2 rings (SSSR count). The summed E-state index contributed by atoms with van der Waals surface area (Å²) in [6, 6.07) is 2.76. The Bertz CT molecular complexity index is 1150. The van der Waals surface area contributed by atoms with E-state index in [1.165, 1.54) is 13.8 Å². The molecule has 0 saturated heterocycles. The Balaban J connectivity index is 2.56. The highest BCUT2D eigenvalue weighted by atomic mass is 32.2. The molecule has 0 radical (unpaired) electrons. The van der Waals surface area contributed by atoms with Gasteiger partial charge in [0, 0.05) is 11.3 Å². The average molecular weight is 479 g/mol. The Morgan fingerprint density at radius 1 is 1.31 bits per heavy atom. The minimum atomic E-state index is -3.73. The van der Waals surface area contributed by atoms with E-state index in [1.807, 2.05) is 39.8 Å². The van der Waals surface area contributed by atoms with Gasteiger partial charge < -0.3 is 15.5 Å². The number of benzene rings is 1. The minimum Gasteiger partial charge on any atom is -0.390 e. The molecule has 5 N–H and O–H groups in total. The Hall–Kier alpha value is -2.29. The normalized spacial score (nSPS) is 13.7. The molecule has 0 aliphatic carbocycles. The highest BCUT2D eigenvalue weighted by Crippen LogP contribution is 2.35. The highest BCUT2D eigenvalue weighted by Gasteiger charge is 2.27. The largest absolute Gasteiger partial charge is 0.390 e. The molecule has 0 saturated carbocycles. The smallest absolute Gasteiger partial charge is 0.354 e. The maximum atomic E-state index is 13.1. The second kappa shape index (κ2) is 9.68. The summed E-state index contributed by atoms with van der Waals surface area (Å²) in [4.78, 5) is 16.9. The SMILES string of the molecule is C#Cc1cc(C(C)C)c(NC(=O)N=S(N)(=O)c2sc(C(C)(C)O)nc2CO)c(C(C)C)c1. The number of urea groups is 1. The number of nitrogens with two attached hydrogens (primary N) is 1. The second-order valence-corrected chi connectivity index (χ2v) is 11.5. The summed E-state index contributed by atoms with van der Waals surface area (Å²) in [7, 11) is -3.73.